The van der Waals surface area contributed by atoms with Crippen molar-refractivity contribution in [3.63, 3.8) is 0 Å². The van der Waals surface area contributed by atoms with Crippen molar-refractivity contribution in [2.45, 2.75) is 32.7 Å². The summed E-state index contributed by atoms with van der Waals surface area (Å²) in [5, 5.41) is 9.20. The highest BCUT2D eigenvalue weighted by atomic mass is 32.2. The molecule has 1 fully saturated rings. The van der Waals surface area contributed by atoms with Crippen molar-refractivity contribution in [1.29, 1.82) is 0 Å². The molecule has 0 saturated heterocycles. The highest BCUT2D eigenvalue weighted by molar-refractivity contribution is 7.98. The van der Waals surface area contributed by atoms with E-state index in [1.165, 1.54) is 0 Å². The van der Waals surface area contributed by atoms with Gasteiger partial charge in [-0.25, -0.2) is 0 Å². The van der Waals surface area contributed by atoms with Crippen LogP contribution in [0, 0.1) is 17.8 Å². The molecule has 0 bridgehead atoms. The van der Waals surface area contributed by atoms with Gasteiger partial charge in [0.1, 0.15) is 0 Å². The van der Waals surface area contributed by atoms with E-state index < -0.39 is 11.9 Å². The van der Waals surface area contributed by atoms with E-state index in [-0.39, 0.29) is 17.9 Å². The Labute approximate surface area is 113 Å². The minimum Gasteiger partial charge on any atom is -0.481 e. The average molecular weight is 273 g/mol. The maximum atomic E-state index is 12.4. The molecule has 0 aliphatic heterocycles. The fourth-order valence-corrected chi connectivity index (χ4v) is 3.38. The first-order valence-electron chi connectivity index (χ1n) is 6.36. The summed E-state index contributed by atoms with van der Waals surface area (Å²) in [6, 6.07) is 0.151. The summed E-state index contributed by atoms with van der Waals surface area (Å²) in [4.78, 5) is 25.3. The molecular weight excluding hydrogens is 250 g/mol. The van der Waals surface area contributed by atoms with Gasteiger partial charge in [-0.3, -0.25) is 9.59 Å². The van der Waals surface area contributed by atoms with Crippen molar-refractivity contribution in [2.24, 2.45) is 17.8 Å². The van der Waals surface area contributed by atoms with Gasteiger partial charge in [0.15, 0.2) is 0 Å². The van der Waals surface area contributed by atoms with Crippen LogP contribution in [0.3, 0.4) is 0 Å². The molecule has 2 unspecified atom stereocenters. The molecule has 18 heavy (non-hydrogen) atoms. The number of nitrogens with zero attached hydrogens (tertiary/aromatic N) is 1. The minimum atomic E-state index is -0.830. The number of carboxylic acid groups (broad SMARTS) is 1. The number of rotatable bonds is 5. The first kappa shape index (κ1) is 15.3. The Balaban J connectivity index is 2.73. The van der Waals surface area contributed by atoms with Crippen LogP contribution in [0.25, 0.3) is 0 Å². The van der Waals surface area contributed by atoms with E-state index in [0.717, 1.165) is 5.75 Å². The Morgan fingerprint density at radius 2 is 1.94 bits per heavy atom. The molecule has 104 valence electrons. The van der Waals surface area contributed by atoms with Gasteiger partial charge in [-0.15, -0.1) is 0 Å². The maximum absolute atomic E-state index is 12.4. The molecule has 4 atom stereocenters. The molecule has 1 N–H and O–H groups in total. The van der Waals surface area contributed by atoms with Gasteiger partial charge in [0, 0.05) is 18.8 Å². The van der Waals surface area contributed by atoms with Crippen molar-refractivity contribution in [3.8, 4) is 0 Å². The zero-order chi connectivity index (χ0) is 13.9. The second-order valence-corrected chi connectivity index (χ2v) is 6.29. The lowest BCUT2D eigenvalue weighted by molar-refractivity contribution is -0.149. The predicted molar refractivity (Wildman–Crippen MR) is 73.6 cm³/mol. The molecule has 1 aliphatic carbocycles. The first-order chi connectivity index (χ1) is 8.38. The van der Waals surface area contributed by atoms with E-state index in [9.17, 15) is 14.7 Å². The van der Waals surface area contributed by atoms with Crippen molar-refractivity contribution < 1.29 is 14.7 Å². The van der Waals surface area contributed by atoms with E-state index in [1.54, 1.807) is 23.7 Å². The third kappa shape index (κ3) is 3.40. The summed E-state index contributed by atoms with van der Waals surface area (Å²) in [5.74, 6) is -0.480. The summed E-state index contributed by atoms with van der Waals surface area (Å²) < 4.78 is 0. The third-order valence-corrected chi connectivity index (χ3v) is 4.67. The summed E-state index contributed by atoms with van der Waals surface area (Å²) >= 11 is 1.70. The van der Waals surface area contributed by atoms with Crippen molar-refractivity contribution in [2.75, 3.05) is 19.1 Å². The van der Waals surface area contributed by atoms with E-state index in [2.05, 4.69) is 0 Å². The Morgan fingerprint density at radius 1 is 1.39 bits per heavy atom. The predicted octanol–water partition coefficient (Wildman–Crippen LogP) is 1.94. The number of amides is 1. The van der Waals surface area contributed by atoms with Crippen LogP contribution in [0.1, 0.15) is 26.7 Å². The van der Waals surface area contributed by atoms with Crippen LogP contribution in [0.15, 0.2) is 0 Å². The summed E-state index contributed by atoms with van der Waals surface area (Å²) in [6.07, 6.45) is 3.33. The fourth-order valence-electron chi connectivity index (χ4n) is 2.67. The van der Waals surface area contributed by atoms with E-state index in [4.69, 9.17) is 0 Å². The Bertz CT molecular complexity index is 321. The standard InChI is InChI=1S/C13H23NO3S/c1-8-5-10(11(6-8)13(16)17)12(15)14(3)9(2)7-18-4/h8-11H,5-7H2,1-4H3,(H,16,17)/t8?,9?,10-,11+/m0/s1. The van der Waals surface area contributed by atoms with Crippen LogP contribution >= 0.6 is 11.8 Å². The zero-order valence-corrected chi connectivity index (χ0v) is 12.4. The average Bonchev–Trinajstić information content (AvgIpc) is 2.69. The molecule has 0 radical (unpaired) electrons. The van der Waals surface area contributed by atoms with Crippen LogP contribution < -0.4 is 0 Å². The minimum absolute atomic E-state index is 0.00620. The van der Waals surface area contributed by atoms with Crippen molar-refractivity contribution >= 4 is 23.6 Å². The van der Waals surface area contributed by atoms with E-state index in [1.807, 2.05) is 20.1 Å². The number of carbonyl (C=O) groups is 2. The molecule has 0 aromatic heterocycles. The molecule has 1 amide bonds. The maximum Gasteiger partial charge on any atom is 0.307 e. The Kier molecular flexibility index (Phi) is 5.50. The number of thioether (sulfide) groups is 1. The number of hydrogen-bond donors (Lipinski definition) is 1. The second kappa shape index (κ2) is 6.45. The molecule has 1 rings (SSSR count). The molecule has 0 spiro atoms. The summed E-state index contributed by atoms with van der Waals surface area (Å²) in [6.45, 7) is 4.02. The number of aliphatic carboxylic acids is 1. The molecule has 4 nitrogen and oxygen atoms in total. The number of carbonyl (C=O) groups excluding carboxylic acids is 1. The van der Waals surface area contributed by atoms with Gasteiger partial charge in [-0.2, -0.15) is 11.8 Å². The second-order valence-electron chi connectivity index (χ2n) is 5.38. The fraction of sp³-hybridized carbons (Fsp3) is 0.846. The first-order valence-corrected chi connectivity index (χ1v) is 7.76. The zero-order valence-electron chi connectivity index (χ0n) is 11.5. The van der Waals surface area contributed by atoms with Crippen LogP contribution in [0.4, 0.5) is 0 Å². The number of hydrogen-bond acceptors (Lipinski definition) is 3. The monoisotopic (exact) mass is 273 g/mol. The largest absolute Gasteiger partial charge is 0.481 e. The summed E-state index contributed by atoms with van der Waals surface area (Å²) in [7, 11) is 1.78. The van der Waals surface area contributed by atoms with Gasteiger partial charge >= 0.3 is 5.97 Å². The molecule has 1 saturated carbocycles. The Hall–Kier alpha value is -0.710. The van der Waals surface area contributed by atoms with Gasteiger partial charge in [-0.1, -0.05) is 6.92 Å². The van der Waals surface area contributed by atoms with Crippen LogP contribution in [0.5, 0.6) is 0 Å². The molecule has 0 heterocycles. The van der Waals surface area contributed by atoms with Gasteiger partial charge in [0.05, 0.1) is 11.8 Å². The van der Waals surface area contributed by atoms with Gasteiger partial charge in [-0.05, 0) is 31.9 Å². The highest BCUT2D eigenvalue weighted by Crippen LogP contribution is 2.37. The van der Waals surface area contributed by atoms with Gasteiger partial charge in [0.2, 0.25) is 5.91 Å². The lowest BCUT2D eigenvalue weighted by Crippen LogP contribution is -2.42. The quantitative estimate of drug-likeness (QED) is 0.831. The highest BCUT2D eigenvalue weighted by Gasteiger charge is 2.42. The molecule has 0 aromatic rings. The SMILES string of the molecule is CSCC(C)N(C)C(=O)[C@H]1CC(C)C[C@H]1C(=O)O. The molecule has 0 aromatic carbocycles. The van der Waals surface area contributed by atoms with Gasteiger partial charge < -0.3 is 10.0 Å². The normalized spacial score (nSPS) is 29.0. The lowest BCUT2D eigenvalue weighted by atomic mass is 9.94. The molecule has 1 aliphatic rings. The van der Waals surface area contributed by atoms with Gasteiger partial charge in [0.25, 0.3) is 0 Å². The van der Waals surface area contributed by atoms with E-state index >= 15 is 0 Å². The third-order valence-electron chi connectivity index (χ3n) is 3.85. The lowest BCUT2D eigenvalue weighted by Gasteiger charge is -2.28. The van der Waals surface area contributed by atoms with Crippen LogP contribution in [-0.2, 0) is 9.59 Å². The van der Waals surface area contributed by atoms with Crippen LogP contribution in [-0.4, -0.2) is 47.0 Å². The topological polar surface area (TPSA) is 57.6 Å². The molecule has 5 heteroatoms. The van der Waals surface area contributed by atoms with Crippen molar-refractivity contribution in [3.05, 3.63) is 0 Å². The van der Waals surface area contributed by atoms with Crippen LogP contribution in [0.2, 0.25) is 0 Å². The Morgan fingerprint density at radius 3 is 2.44 bits per heavy atom. The summed E-state index contributed by atoms with van der Waals surface area (Å²) in [5.41, 5.74) is 0. The molecular formula is C13H23NO3S. The van der Waals surface area contributed by atoms with Crippen molar-refractivity contribution in [1.82, 2.24) is 4.90 Å². The number of carboxylic acids is 1. The smallest absolute Gasteiger partial charge is 0.307 e. The van der Waals surface area contributed by atoms with E-state index in [0.29, 0.717) is 18.8 Å².